The van der Waals surface area contributed by atoms with Crippen molar-refractivity contribution < 1.29 is 4.42 Å². The molecule has 0 spiro atoms. The highest BCUT2D eigenvalue weighted by Crippen LogP contribution is 2.57. The van der Waals surface area contributed by atoms with E-state index in [9.17, 15) is 0 Å². The van der Waals surface area contributed by atoms with Gasteiger partial charge in [-0.2, -0.15) is 0 Å². The van der Waals surface area contributed by atoms with Gasteiger partial charge in [0.15, 0.2) is 0 Å². The number of thiophene rings is 1. The van der Waals surface area contributed by atoms with Crippen LogP contribution >= 0.6 is 11.3 Å². The lowest BCUT2D eigenvalue weighted by Crippen LogP contribution is -2.14. The van der Waals surface area contributed by atoms with Crippen LogP contribution < -0.4 is 0 Å². The monoisotopic (exact) mass is 1780 g/mol. The van der Waals surface area contributed by atoms with Crippen LogP contribution in [-0.4, -0.2) is 29.1 Å². The standard InChI is InChI=1S/C32H20N2.C28H18N2.C26H20.C22H13NO.C22H13NS/c1-2-10-20(11-3-1)34-27-17-9-8-16-25(27)29-28(34)19-18-26-31(29)30-23-14-6-4-12-21(23)22-13-5-7-15-24(22)32(30)33-26;1-2-9-19(10-3-1)30-24-13-7-6-12-21(24)27-25(30)17-16-23-26(27)22-15-14-18-8-4-5-11-20(18)28(22)29-23;1-26(2)21-10-6-5-9-20(21)25-22(26)14-13-18-15-17-12-11-16-7-3-4-8-19(16)23(17)24(18)25;1-2-6-14-12-18-16(11-13(14)5-1)21-17(23-18)9-10-20-22(21)15-7-3-4-8-19(15)24-20;1-2-6-14-13(5-1)9-10-16-20-17(23-22(14)16)11-12-19-21(20)15-7-3-4-8-18(15)24-19/h1-19,33H;1-17,29H;3-14H,15H2,1-2H3;2*1-12,23H. The maximum atomic E-state index is 6.05. The molecule has 646 valence electrons. The molecule has 0 saturated heterocycles. The van der Waals surface area contributed by atoms with Crippen LogP contribution in [0, 0.1) is 0 Å². The average Bonchev–Trinajstić information content (AvgIpc) is 1.46. The molecule has 0 atom stereocenters. The molecule has 2 aliphatic carbocycles. The second-order valence-electron chi connectivity index (χ2n) is 37.8. The van der Waals surface area contributed by atoms with Gasteiger partial charge < -0.3 is 33.5 Å². The van der Waals surface area contributed by atoms with Crippen LogP contribution in [-0.2, 0) is 11.8 Å². The second-order valence-corrected chi connectivity index (χ2v) is 38.8. The molecule has 8 heterocycles. The van der Waals surface area contributed by atoms with E-state index in [4.69, 9.17) is 4.42 Å². The van der Waals surface area contributed by atoms with Crippen molar-refractivity contribution in [3.8, 4) is 33.6 Å². The minimum atomic E-state index is 0.0638. The first-order chi connectivity index (χ1) is 68.2. The summed E-state index contributed by atoms with van der Waals surface area (Å²) < 4.78 is 13.5. The molecule has 0 fully saturated rings. The van der Waals surface area contributed by atoms with Crippen LogP contribution in [0.25, 0.3) is 271 Å². The molecule has 0 unspecified atom stereocenters. The highest BCUT2D eigenvalue weighted by Gasteiger charge is 2.40. The van der Waals surface area contributed by atoms with Crippen molar-refractivity contribution >= 4 is 249 Å². The topological polar surface area (TPSA) is 86.2 Å². The molecule has 0 radical (unpaired) electrons. The van der Waals surface area contributed by atoms with E-state index in [0.717, 1.165) is 23.1 Å². The third-order valence-electron chi connectivity index (χ3n) is 30.1. The largest absolute Gasteiger partial charge is 0.456 e. The number of rotatable bonds is 2. The van der Waals surface area contributed by atoms with E-state index in [-0.39, 0.29) is 5.41 Å². The number of hydrogen-bond acceptors (Lipinski definition) is 2. The minimum absolute atomic E-state index is 0.0638. The van der Waals surface area contributed by atoms with Gasteiger partial charge in [-0.05, 0) is 209 Å². The highest BCUT2D eigenvalue weighted by molar-refractivity contribution is 7.26. The summed E-state index contributed by atoms with van der Waals surface area (Å²) in [4.78, 5) is 14.8. The molecule has 8 aromatic heterocycles. The fourth-order valence-corrected chi connectivity index (χ4v) is 25.2. The van der Waals surface area contributed by atoms with Gasteiger partial charge >= 0.3 is 0 Å². The van der Waals surface area contributed by atoms with Crippen LogP contribution in [0.1, 0.15) is 36.1 Å². The molecular formula is C130H84N6OS. The predicted molar refractivity (Wildman–Crippen MR) is 589 cm³/mol. The van der Waals surface area contributed by atoms with Crippen LogP contribution in [0.5, 0.6) is 0 Å². The molecule has 2 aliphatic rings. The Morgan fingerprint density at radius 3 is 1.36 bits per heavy atom. The van der Waals surface area contributed by atoms with Crippen molar-refractivity contribution in [3.05, 3.63) is 459 Å². The summed E-state index contributed by atoms with van der Waals surface area (Å²) in [5.74, 6) is 0. The summed E-state index contributed by atoms with van der Waals surface area (Å²) in [6.45, 7) is 4.73. The zero-order valence-electron chi connectivity index (χ0n) is 75.5. The lowest BCUT2D eigenvalue weighted by Gasteiger charge is -2.21. The van der Waals surface area contributed by atoms with Crippen molar-refractivity contribution in [1.82, 2.24) is 29.1 Å². The molecule has 23 aromatic carbocycles. The summed E-state index contributed by atoms with van der Waals surface area (Å²) >= 11 is 1.88. The Labute approximate surface area is 794 Å². The predicted octanol–water partition coefficient (Wildman–Crippen LogP) is 36.2. The number of nitrogens with one attached hydrogen (secondary N) is 4. The fourth-order valence-electron chi connectivity index (χ4n) is 24.1. The molecule has 0 bridgehead atoms. The van der Waals surface area contributed by atoms with Crippen LogP contribution in [0.3, 0.4) is 0 Å². The first kappa shape index (κ1) is 78.0. The highest BCUT2D eigenvalue weighted by atomic mass is 32.1. The molecule has 0 aliphatic heterocycles. The number of nitrogens with zero attached hydrogens (tertiary/aromatic N) is 2. The van der Waals surface area contributed by atoms with Gasteiger partial charge in [0.25, 0.3) is 0 Å². The molecule has 7 nitrogen and oxygen atoms in total. The summed E-state index contributed by atoms with van der Waals surface area (Å²) in [5.41, 5.74) is 30.5. The Hall–Kier alpha value is -17.6. The maximum absolute atomic E-state index is 6.05. The number of para-hydroxylation sites is 5. The van der Waals surface area contributed by atoms with Crippen molar-refractivity contribution in [1.29, 1.82) is 0 Å². The number of hydrogen-bond donors (Lipinski definition) is 4. The van der Waals surface area contributed by atoms with Gasteiger partial charge in [0.05, 0.1) is 38.6 Å². The number of benzene rings is 23. The van der Waals surface area contributed by atoms with Crippen molar-refractivity contribution in [2.45, 2.75) is 25.7 Å². The van der Waals surface area contributed by atoms with E-state index in [0.29, 0.717) is 0 Å². The van der Waals surface area contributed by atoms with Crippen molar-refractivity contribution in [3.63, 3.8) is 0 Å². The van der Waals surface area contributed by atoms with Gasteiger partial charge in [-0.25, -0.2) is 0 Å². The quantitative estimate of drug-likeness (QED) is 0.128. The number of aromatic amines is 4. The van der Waals surface area contributed by atoms with E-state index in [1.54, 1.807) is 0 Å². The summed E-state index contributed by atoms with van der Waals surface area (Å²) in [5, 5.41) is 36.2. The SMILES string of the molecule is CC1(C)c2ccccc2-c2c1ccc1c2-c2c(ccc3ccccc23)C1.c1ccc(-n2c3ccccc3c3c4c(ccc32)[nH]c2c3ccccc3c3ccccc3c24)cc1.c1ccc(-n2c3ccccc3c3c4c(ccc32)[nH]c2c3ccccc3ccc24)cc1.c1ccc2c(c1)ccc1c2[nH]c2ccc3sc4ccccc4c3c21.c1ccc2cc3c(cc2c1)[nH]c1ccc2oc4ccccc4c2c13. The molecular weight excluding hydrogens is 1690 g/mol. The smallest absolute Gasteiger partial charge is 0.136 e. The van der Waals surface area contributed by atoms with E-state index in [2.05, 4.69) is 468 Å². The van der Waals surface area contributed by atoms with E-state index < -0.39 is 0 Å². The van der Waals surface area contributed by atoms with Gasteiger partial charge in [-0.1, -0.05) is 341 Å². The molecule has 0 saturated carbocycles. The molecule has 33 rings (SSSR count). The molecule has 4 N–H and O–H groups in total. The van der Waals surface area contributed by atoms with Crippen molar-refractivity contribution in [2.75, 3.05) is 0 Å². The van der Waals surface area contributed by atoms with Gasteiger partial charge in [-0.15, -0.1) is 11.3 Å². The average molecular weight is 1780 g/mol. The van der Waals surface area contributed by atoms with Crippen molar-refractivity contribution in [2.24, 2.45) is 0 Å². The first-order valence-corrected chi connectivity index (χ1v) is 48.5. The zero-order valence-corrected chi connectivity index (χ0v) is 76.3. The van der Waals surface area contributed by atoms with E-state index in [1.807, 2.05) is 23.5 Å². The second kappa shape index (κ2) is 30.2. The normalized spacial score (nSPS) is 12.7. The zero-order chi connectivity index (χ0) is 90.7. The molecule has 8 heteroatoms. The molecule has 138 heavy (non-hydrogen) atoms. The minimum Gasteiger partial charge on any atom is -0.456 e. The Morgan fingerprint density at radius 1 is 0.232 bits per heavy atom. The van der Waals surface area contributed by atoms with Crippen LogP contribution in [0.2, 0.25) is 0 Å². The van der Waals surface area contributed by atoms with Gasteiger partial charge in [0.2, 0.25) is 0 Å². The van der Waals surface area contributed by atoms with Gasteiger partial charge in [0.1, 0.15) is 11.2 Å². The Bertz CT molecular complexity index is 10500. The van der Waals surface area contributed by atoms with Crippen LogP contribution in [0.15, 0.2) is 441 Å². The Kier molecular flexibility index (Phi) is 17.1. The van der Waals surface area contributed by atoms with E-state index >= 15 is 0 Å². The summed E-state index contributed by atoms with van der Waals surface area (Å²) in [6, 6.07) is 157. The Morgan fingerprint density at radius 2 is 0.688 bits per heavy atom. The molecule has 31 aromatic rings. The fraction of sp³-hybridized carbons (Fsp3) is 0.0308. The third-order valence-corrected chi connectivity index (χ3v) is 31.2. The Balaban J connectivity index is 0.0000000837. The first-order valence-electron chi connectivity index (χ1n) is 47.7. The number of furan rings is 1. The summed E-state index contributed by atoms with van der Waals surface area (Å²) in [6.07, 6.45) is 1.05. The van der Waals surface area contributed by atoms with Gasteiger partial charge in [0, 0.05) is 156 Å². The third kappa shape index (κ3) is 11.6. The van der Waals surface area contributed by atoms with Crippen LogP contribution in [0.4, 0.5) is 0 Å². The lowest BCUT2D eigenvalue weighted by molar-refractivity contribution is 0.660. The number of H-pyrrole nitrogens is 4. The summed E-state index contributed by atoms with van der Waals surface area (Å²) in [7, 11) is 0. The molecule has 0 amide bonds. The number of aromatic nitrogens is 6. The maximum Gasteiger partial charge on any atom is 0.136 e. The number of fused-ring (bicyclic) bond motifs is 47. The van der Waals surface area contributed by atoms with E-state index in [1.165, 1.54) is 277 Å². The van der Waals surface area contributed by atoms with Gasteiger partial charge in [-0.3, -0.25) is 0 Å². The lowest BCUT2D eigenvalue weighted by atomic mass is 9.81.